The van der Waals surface area contributed by atoms with Gasteiger partial charge < -0.3 is 4.74 Å². The number of hydrazone groups is 1. The summed E-state index contributed by atoms with van der Waals surface area (Å²) >= 11 is 1.61. The van der Waals surface area contributed by atoms with Gasteiger partial charge in [0.15, 0.2) is 10.9 Å². The number of aliphatic imine (C=N–C) groups is 2. The Bertz CT molecular complexity index is 838. The van der Waals surface area contributed by atoms with Gasteiger partial charge in [0.1, 0.15) is 0 Å². The Balaban J connectivity index is 1.87. The van der Waals surface area contributed by atoms with E-state index in [1.807, 2.05) is 44.3 Å². The molecular formula is C18H18N4O2S. The van der Waals surface area contributed by atoms with Crippen molar-refractivity contribution in [3.63, 3.8) is 0 Å². The number of carbonyl (C=O) groups is 1. The highest BCUT2D eigenvalue weighted by atomic mass is 32.2. The van der Waals surface area contributed by atoms with Crippen LogP contribution in [0.3, 0.4) is 0 Å². The van der Waals surface area contributed by atoms with E-state index in [4.69, 9.17) is 4.74 Å². The standard InChI is InChI=1S/C18H18N4O2S/c1-4-25-18-20-14(12(2)21-22(18)3)10-11-15-17(23)24-16(19-15)13-8-6-5-7-9-13/h5-11H,4H2,1-3H3/b14-10-,15-11-. The van der Waals surface area contributed by atoms with E-state index in [2.05, 4.69) is 22.0 Å². The van der Waals surface area contributed by atoms with Crippen LogP contribution in [0.1, 0.15) is 19.4 Å². The number of nitrogens with zero attached hydrogens (tertiary/aromatic N) is 4. The minimum Gasteiger partial charge on any atom is -0.402 e. The largest absolute Gasteiger partial charge is 0.402 e. The molecule has 0 bridgehead atoms. The molecule has 128 valence electrons. The smallest absolute Gasteiger partial charge is 0.363 e. The third-order valence-corrected chi connectivity index (χ3v) is 4.38. The molecule has 0 N–H and O–H groups in total. The zero-order valence-corrected chi connectivity index (χ0v) is 15.1. The molecule has 2 aliphatic rings. The molecule has 1 aromatic carbocycles. The van der Waals surface area contributed by atoms with Gasteiger partial charge in [-0.15, -0.1) is 0 Å². The van der Waals surface area contributed by atoms with Crippen molar-refractivity contribution in [1.82, 2.24) is 5.01 Å². The highest BCUT2D eigenvalue weighted by molar-refractivity contribution is 8.13. The first-order chi connectivity index (χ1) is 12.1. The number of ether oxygens (including phenoxy) is 1. The molecule has 3 rings (SSSR count). The van der Waals surface area contributed by atoms with Gasteiger partial charge in [-0.1, -0.05) is 36.9 Å². The zero-order valence-electron chi connectivity index (χ0n) is 14.3. The van der Waals surface area contributed by atoms with Crippen molar-refractivity contribution in [2.45, 2.75) is 13.8 Å². The molecule has 0 unspecified atom stereocenters. The highest BCUT2D eigenvalue weighted by Crippen LogP contribution is 2.20. The Kier molecular flexibility index (Phi) is 5.14. The van der Waals surface area contributed by atoms with E-state index in [9.17, 15) is 4.79 Å². The first-order valence-electron chi connectivity index (χ1n) is 7.87. The Morgan fingerprint density at radius 3 is 2.60 bits per heavy atom. The van der Waals surface area contributed by atoms with E-state index < -0.39 is 5.97 Å². The molecule has 2 aliphatic heterocycles. The molecule has 0 fully saturated rings. The second-order valence-electron chi connectivity index (χ2n) is 5.31. The van der Waals surface area contributed by atoms with E-state index in [-0.39, 0.29) is 5.70 Å². The summed E-state index contributed by atoms with van der Waals surface area (Å²) in [5.41, 5.74) is 2.50. The molecule has 0 aromatic heterocycles. The molecule has 25 heavy (non-hydrogen) atoms. The molecule has 1 aromatic rings. The van der Waals surface area contributed by atoms with Crippen molar-refractivity contribution in [3.8, 4) is 0 Å². The quantitative estimate of drug-likeness (QED) is 0.618. The molecule has 0 amide bonds. The van der Waals surface area contributed by atoms with Crippen LogP contribution in [0, 0.1) is 0 Å². The molecule has 0 radical (unpaired) electrons. The fourth-order valence-corrected chi connectivity index (χ4v) is 2.92. The average Bonchev–Trinajstić information content (AvgIpc) is 2.98. The molecule has 7 heteroatoms. The van der Waals surface area contributed by atoms with Crippen molar-refractivity contribution in [1.29, 1.82) is 0 Å². The van der Waals surface area contributed by atoms with Gasteiger partial charge in [-0.05, 0) is 37.0 Å². The lowest BCUT2D eigenvalue weighted by Crippen LogP contribution is -2.24. The molecule has 0 aliphatic carbocycles. The lowest BCUT2D eigenvalue weighted by atomic mass is 10.2. The maximum Gasteiger partial charge on any atom is 0.363 e. The SMILES string of the molecule is CCSC1=N/C(=C\C=C2/N=C(c3ccccc3)OC2=O)C(C)=NN1C. The van der Waals surface area contributed by atoms with Gasteiger partial charge >= 0.3 is 5.97 Å². The fraction of sp³-hybridized carbons (Fsp3) is 0.222. The van der Waals surface area contributed by atoms with Gasteiger partial charge in [-0.2, -0.15) is 5.10 Å². The van der Waals surface area contributed by atoms with Crippen LogP contribution in [0.4, 0.5) is 0 Å². The number of esters is 1. The van der Waals surface area contributed by atoms with E-state index in [0.717, 1.165) is 22.2 Å². The monoisotopic (exact) mass is 354 g/mol. The maximum absolute atomic E-state index is 12.0. The Morgan fingerprint density at radius 2 is 1.88 bits per heavy atom. The van der Waals surface area contributed by atoms with E-state index in [1.54, 1.807) is 28.9 Å². The van der Waals surface area contributed by atoms with Crippen molar-refractivity contribution in [2.24, 2.45) is 15.1 Å². The highest BCUT2D eigenvalue weighted by Gasteiger charge is 2.23. The molecule has 6 nitrogen and oxygen atoms in total. The number of allylic oxidation sites excluding steroid dienone is 3. The Morgan fingerprint density at radius 1 is 1.16 bits per heavy atom. The van der Waals surface area contributed by atoms with Gasteiger partial charge in [-0.25, -0.2) is 19.8 Å². The van der Waals surface area contributed by atoms with E-state index in [1.165, 1.54) is 0 Å². The Hall–Kier alpha value is -2.67. The summed E-state index contributed by atoms with van der Waals surface area (Å²) in [5, 5.41) is 7.01. The number of hydrogen-bond acceptors (Lipinski definition) is 7. The number of hydrogen-bond donors (Lipinski definition) is 0. The summed E-state index contributed by atoms with van der Waals surface area (Å²) in [6.45, 7) is 3.94. The maximum atomic E-state index is 12.0. The van der Waals surface area contributed by atoms with Crippen LogP contribution in [0.15, 0.2) is 69.0 Å². The van der Waals surface area contributed by atoms with Crippen molar-refractivity contribution < 1.29 is 9.53 Å². The summed E-state index contributed by atoms with van der Waals surface area (Å²) in [6, 6.07) is 9.33. The number of thioether (sulfide) groups is 1. The number of cyclic esters (lactones) is 1. The summed E-state index contributed by atoms with van der Waals surface area (Å²) in [7, 11) is 1.87. The van der Waals surface area contributed by atoms with Crippen LogP contribution in [0.25, 0.3) is 0 Å². The second-order valence-corrected chi connectivity index (χ2v) is 6.54. The Labute approximate surface area is 150 Å². The lowest BCUT2D eigenvalue weighted by molar-refractivity contribution is -0.130. The predicted octanol–water partition coefficient (Wildman–Crippen LogP) is 3.19. The van der Waals surface area contributed by atoms with Crippen molar-refractivity contribution in [2.75, 3.05) is 12.8 Å². The van der Waals surface area contributed by atoms with Gasteiger partial charge in [0, 0.05) is 12.6 Å². The topological polar surface area (TPSA) is 66.6 Å². The fourth-order valence-electron chi connectivity index (χ4n) is 2.27. The van der Waals surface area contributed by atoms with E-state index >= 15 is 0 Å². The van der Waals surface area contributed by atoms with Gasteiger partial charge in [0.25, 0.3) is 0 Å². The van der Waals surface area contributed by atoms with Crippen LogP contribution in [-0.4, -0.2) is 40.6 Å². The second kappa shape index (κ2) is 7.48. The first kappa shape index (κ1) is 17.2. The molecule has 0 spiro atoms. The van der Waals surface area contributed by atoms with Crippen molar-refractivity contribution >= 4 is 34.5 Å². The normalized spacial score (nSPS) is 20.5. The molecular weight excluding hydrogens is 336 g/mol. The van der Waals surface area contributed by atoms with Crippen LogP contribution >= 0.6 is 11.8 Å². The number of benzene rings is 1. The van der Waals surface area contributed by atoms with Gasteiger partial charge in [-0.3, -0.25) is 0 Å². The third-order valence-electron chi connectivity index (χ3n) is 3.48. The van der Waals surface area contributed by atoms with Crippen LogP contribution < -0.4 is 0 Å². The lowest BCUT2D eigenvalue weighted by Gasteiger charge is -2.20. The van der Waals surface area contributed by atoms with Crippen molar-refractivity contribution in [3.05, 3.63) is 59.4 Å². The van der Waals surface area contributed by atoms with E-state index in [0.29, 0.717) is 11.6 Å². The minimum atomic E-state index is -0.467. The number of rotatable bonds is 3. The molecule has 0 saturated heterocycles. The zero-order chi connectivity index (χ0) is 17.8. The average molecular weight is 354 g/mol. The number of amidine groups is 1. The van der Waals surface area contributed by atoms with Crippen LogP contribution in [0.5, 0.6) is 0 Å². The summed E-state index contributed by atoms with van der Waals surface area (Å²) < 4.78 is 5.24. The summed E-state index contributed by atoms with van der Waals surface area (Å²) in [4.78, 5) is 20.9. The summed E-state index contributed by atoms with van der Waals surface area (Å²) in [6.07, 6.45) is 3.37. The predicted molar refractivity (Wildman–Crippen MR) is 102 cm³/mol. The van der Waals surface area contributed by atoms with Gasteiger partial charge in [0.05, 0.1) is 11.4 Å². The molecule has 0 atom stereocenters. The summed E-state index contributed by atoms with van der Waals surface area (Å²) in [5.74, 6) is 0.753. The van der Waals surface area contributed by atoms with Gasteiger partial charge in [0.2, 0.25) is 5.90 Å². The molecule has 0 saturated carbocycles. The molecule has 2 heterocycles. The van der Waals surface area contributed by atoms with Crippen LogP contribution in [0.2, 0.25) is 0 Å². The first-order valence-corrected chi connectivity index (χ1v) is 8.86. The number of carbonyl (C=O) groups excluding carboxylic acids is 1. The minimum absolute atomic E-state index is 0.248. The van der Waals surface area contributed by atoms with Crippen LogP contribution in [-0.2, 0) is 9.53 Å². The third kappa shape index (κ3) is 3.88.